The fourth-order valence-corrected chi connectivity index (χ4v) is 1.75. The molecule has 86 valence electrons. The lowest BCUT2D eigenvalue weighted by molar-refractivity contribution is 0.229. The van der Waals surface area contributed by atoms with Crippen molar-refractivity contribution < 1.29 is 9.53 Å². The third-order valence-electron chi connectivity index (χ3n) is 2.53. The van der Waals surface area contributed by atoms with Crippen molar-refractivity contribution in [2.24, 2.45) is 0 Å². The molecule has 0 unspecified atom stereocenters. The minimum Gasteiger partial charge on any atom is -0.502 e. The molecule has 1 fully saturated rings. The lowest BCUT2D eigenvalue weighted by atomic mass is 10.2. The number of rotatable bonds is 6. The zero-order valence-electron chi connectivity index (χ0n) is 9.13. The highest BCUT2D eigenvalue weighted by molar-refractivity contribution is 5.74. The van der Waals surface area contributed by atoms with Crippen LogP contribution in [0.2, 0.25) is 0 Å². The van der Waals surface area contributed by atoms with Gasteiger partial charge in [0.15, 0.2) is 0 Å². The van der Waals surface area contributed by atoms with Crippen molar-refractivity contribution in [1.82, 2.24) is 10.6 Å². The van der Waals surface area contributed by atoms with E-state index in [0.717, 1.165) is 19.3 Å². The van der Waals surface area contributed by atoms with E-state index in [1.54, 1.807) is 0 Å². The molecule has 0 heterocycles. The molecule has 0 aromatic rings. The topological polar surface area (TPSA) is 50.4 Å². The zero-order chi connectivity index (χ0) is 10.9. The maximum Gasteiger partial charge on any atom is 0.315 e. The Hall–Kier alpha value is -1.19. The van der Waals surface area contributed by atoms with Crippen LogP contribution in [0.4, 0.5) is 4.79 Å². The SMILES string of the molecule is C=COCCCNC(=O)NC1CCCC1. The van der Waals surface area contributed by atoms with Crippen LogP contribution in [0, 0.1) is 0 Å². The summed E-state index contributed by atoms with van der Waals surface area (Å²) < 4.78 is 4.94. The molecular formula is C11H20N2O2. The molecule has 0 radical (unpaired) electrons. The van der Waals surface area contributed by atoms with Gasteiger partial charge in [-0.1, -0.05) is 19.4 Å². The summed E-state index contributed by atoms with van der Waals surface area (Å²) in [6.45, 7) is 4.69. The molecule has 2 N–H and O–H groups in total. The van der Waals surface area contributed by atoms with Crippen molar-refractivity contribution in [2.45, 2.75) is 38.1 Å². The van der Waals surface area contributed by atoms with Crippen LogP contribution in [0.1, 0.15) is 32.1 Å². The molecule has 1 aliphatic carbocycles. The second-order valence-corrected chi connectivity index (χ2v) is 3.77. The van der Waals surface area contributed by atoms with E-state index in [0.29, 0.717) is 19.2 Å². The summed E-state index contributed by atoms with van der Waals surface area (Å²) in [7, 11) is 0. The molecule has 0 atom stereocenters. The Kier molecular flexibility index (Phi) is 5.66. The Morgan fingerprint density at radius 1 is 1.47 bits per heavy atom. The molecule has 1 aliphatic rings. The van der Waals surface area contributed by atoms with Gasteiger partial charge in [-0.15, -0.1) is 0 Å². The van der Waals surface area contributed by atoms with Gasteiger partial charge in [0.25, 0.3) is 0 Å². The van der Waals surface area contributed by atoms with E-state index in [2.05, 4.69) is 17.2 Å². The fourth-order valence-electron chi connectivity index (χ4n) is 1.75. The third-order valence-corrected chi connectivity index (χ3v) is 2.53. The number of ether oxygens (including phenoxy) is 1. The summed E-state index contributed by atoms with van der Waals surface area (Å²) >= 11 is 0. The standard InChI is InChI=1S/C11H20N2O2/c1-2-15-9-5-8-12-11(14)13-10-6-3-4-7-10/h2,10H,1,3-9H2,(H2,12,13,14). The zero-order valence-corrected chi connectivity index (χ0v) is 9.13. The van der Waals surface area contributed by atoms with Crippen molar-refractivity contribution >= 4 is 6.03 Å². The smallest absolute Gasteiger partial charge is 0.315 e. The van der Waals surface area contributed by atoms with E-state index in [4.69, 9.17) is 4.74 Å². The fraction of sp³-hybridized carbons (Fsp3) is 0.727. The third kappa shape index (κ3) is 5.30. The second kappa shape index (κ2) is 7.15. The van der Waals surface area contributed by atoms with E-state index in [-0.39, 0.29) is 6.03 Å². The van der Waals surface area contributed by atoms with E-state index >= 15 is 0 Å². The highest BCUT2D eigenvalue weighted by atomic mass is 16.5. The van der Waals surface area contributed by atoms with Gasteiger partial charge in [-0.05, 0) is 19.3 Å². The van der Waals surface area contributed by atoms with E-state index in [9.17, 15) is 4.79 Å². The van der Waals surface area contributed by atoms with Crippen LogP contribution in [0.15, 0.2) is 12.8 Å². The van der Waals surface area contributed by atoms with Crippen molar-refractivity contribution in [3.63, 3.8) is 0 Å². The first kappa shape index (κ1) is 11.9. The molecule has 2 amide bonds. The molecule has 1 saturated carbocycles. The largest absolute Gasteiger partial charge is 0.502 e. The summed E-state index contributed by atoms with van der Waals surface area (Å²) in [6.07, 6.45) is 6.93. The Morgan fingerprint density at radius 3 is 2.87 bits per heavy atom. The average molecular weight is 212 g/mol. The first-order valence-electron chi connectivity index (χ1n) is 5.60. The van der Waals surface area contributed by atoms with E-state index in [1.807, 2.05) is 0 Å². The van der Waals surface area contributed by atoms with Crippen LogP contribution in [-0.4, -0.2) is 25.2 Å². The molecule has 4 nitrogen and oxygen atoms in total. The molecule has 0 spiro atoms. The quantitative estimate of drug-likeness (QED) is 0.521. The van der Waals surface area contributed by atoms with Crippen LogP contribution in [0.5, 0.6) is 0 Å². The Labute approximate surface area is 91.1 Å². The van der Waals surface area contributed by atoms with Crippen molar-refractivity contribution in [2.75, 3.05) is 13.2 Å². The van der Waals surface area contributed by atoms with Crippen LogP contribution >= 0.6 is 0 Å². The first-order valence-corrected chi connectivity index (χ1v) is 5.60. The predicted molar refractivity (Wildman–Crippen MR) is 59.6 cm³/mol. The summed E-state index contributed by atoms with van der Waals surface area (Å²) in [6, 6.07) is 0.329. The molecule has 0 aromatic carbocycles. The number of hydrogen-bond acceptors (Lipinski definition) is 2. The van der Waals surface area contributed by atoms with Crippen molar-refractivity contribution in [1.29, 1.82) is 0 Å². The van der Waals surface area contributed by atoms with Crippen LogP contribution in [0.25, 0.3) is 0 Å². The lowest BCUT2D eigenvalue weighted by Crippen LogP contribution is -2.41. The maximum atomic E-state index is 11.3. The highest BCUT2D eigenvalue weighted by Crippen LogP contribution is 2.17. The number of amides is 2. The Morgan fingerprint density at radius 2 is 2.20 bits per heavy atom. The van der Waals surface area contributed by atoms with Crippen LogP contribution in [0.3, 0.4) is 0 Å². The van der Waals surface area contributed by atoms with Crippen LogP contribution < -0.4 is 10.6 Å². The van der Waals surface area contributed by atoms with Gasteiger partial charge in [-0.2, -0.15) is 0 Å². The monoisotopic (exact) mass is 212 g/mol. The van der Waals surface area contributed by atoms with Crippen molar-refractivity contribution in [3.05, 3.63) is 12.8 Å². The van der Waals surface area contributed by atoms with E-state index in [1.165, 1.54) is 19.1 Å². The summed E-state index contributed by atoms with van der Waals surface area (Å²) in [5.41, 5.74) is 0. The van der Waals surface area contributed by atoms with Gasteiger partial charge in [0.1, 0.15) is 0 Å². The Balaban J connectivity index is 1.95. The number of hydrogen-bond donors (Lipinski definition) is 2. The summed E-state index contributed by atoms with van der Waals surface area (Å²) in [5, 5.41) is 5.76. The maximum absolute atomic E-state index is 11.3. The molecule has 4 heteroatoms. The molecule has 15 heavy (non-hydrogen) atoms. The summed E-state index contributed by atoms with van der Waals surface area (Å²) in [4.78, 5) is 11.3. The van der Waals surface area contributed by atoms with Gasteiger partial charge in [0, 0.05) is 12.6 Å². The molecule has 0 bridgehead atoms. The predicted octanol–water partition coefficient (Wildman–Crippen LogP) is 1.78. The molecule has 1 rings (SSSR count). The van der Waals surface area contributed by atoms with Gasteiger partial charge < -0.3 is 15.4 Å². The van der Waals surface area contributed by atoms with Gasteiger partial charge >= 0.3 is 6.03 Å². The normalized spacial score (nSPS) is 16.0. The molecule has 0 saturated heterocycles. The summed E-state index contributed by atoms with van der Waals surface area (Å²) in [5.74, 6) is 0. The molecule has 0 aromatic heterocycles. The number of carbonyl (C=O) groups is 1. The van der Waals surface area contributed by atoms with Crippen LogP contribution in [-0.2, 0) is 4.74 Å². The first-order chi connectivity index (χ1) is 7.33. The number of nitrogens with one attached hydrogen (secondary N) is 2. The minimum absolute atomic E-state index is 0.0551. The molecule has 0 aliphatic heterocycles. The average Bonchev–Trinajstić information content (AvgIpc) is 2.70. The number of urea groups is 1. The van der Waals surface area contributed by atoms with E-state index < -0.39 is 0 Å². The minimum atomic E-state index is -0.0551. The van der Waals surface area contributed by atoms with Crippen molar-refractivity contribution in [3.8, 4) is 0 Å². The Bertz CT molecular complexity index is 201. The highest BCUT2D eigenvalue weighted by Gasteiger charge is 2.16. The van der Waals surface area contributed by atoms with Gasteiger partial charge in [-0.3, -0.25) is 0 Å². The van der Waals surface area contributed by atoms with Gasteiger partial charge in [0.2, 0.25) is 0 Å². The second-order valence-electron chi connectivity index (χ2n) is 3.77. The van der Waals surface area contributed by atoms with Gasteiger partial charge in [-0.25, -0.2) is 4.79 Å². The number of carbonyl (C=O) groups excluding carboxylic acids is 1. The lowest BCUT2D eigenvalue weighted by Gasteiger charge is -2.12. The molecular weight excluding hydrogens is 192 g/mol. The van der Waals surface area contributed by atoms with Gasteiger partial charge in [0.05, 0.1) is 12.9 Å².